The van der Waals surface area contributed by atoms with Gasteiger partial charge in [0.1, 0.15) is 0 Å². The fourth-order valence-electron chi connectivity index (χ4n) is 2.21. The Balaban J connectivity index is -0.000000216. The van der Waals surface area contributed by atoms with Crippen LogP contribution >= 0.6 is 0 Å². The first-order valence-corrected chi connectivity index (χ1v) is 5.92. The van der Waals surface area contributed by atoms with Gasteiger partial charge in [0, 0.05) is 0 Å². The smallest absolute Gasteiger partial charge is 0.469 e. The van der Waals surface area contributed by atoms with Crippen LogP contribution in [0.5, 0.6) is 0 Å². The quantitative estimate of drug-likeness (QED) is 0.410. The van der Waals surface area contributed by atoms with Gasteiger partial charge in [-0.15, -0.1) is 0 Å². The minimum absolute atomic E-state index is 0. The van der Waals surface area contributed by atoms with Crippen LogP contribution in [0.2, 0.25) is 0 Å². The predicted molar refractivity (Wildman–Crippen MR) is 69.9 cm³/mol. The van der Waals surface area contributed by atoms with Crippen molar-refractivity contribution >= 4 is 5.97 Å². The van der Waals surface area contributed by atoms with Crippen LogP contribution in [0.4, 0.5) is 0 Å². The molecule has 3 heteroatoms. The first kappa shape index (κ1) is 22.2. The summed E-state index contributed by atoms with van der Waals surface area (Å²) in [5.41, 5.74) is 0. The molecule has 2 saturated carbocycles. The Labute approximate surface area is 118 Å². The van der Waals surface area contributed by atoms with Gasteiger partial charge >= 0.3 is 23.0 Å². The second kappa shape index (κ2) is 14.1. The van der Waals surface area contributed by atoms with Gasteiger partial charge in [-0.05, 0) is 12.8 Å². The normalized spacial score (nSPS) is 17.7. The summed E-state index contributed by atoms with van der Waals surface area (Å²) in [5, 5.41) is 0. The summed E-state index contributed by atoms with van der Waals surface area (Å²) in [4.78, 5) is 10.8. The molecular formula is C14H28FeO2. The molecular weight excluding hydrogens is 256 g/mol. The van der Waals surface area contributed by atoms with E-state index >= 15 is 0 Å². The number of ether oxygens (including phenoxy) is 1. The molecule has 0 amide bonds. The molecule has 0 aromatic rings. The van der Waals surface area contributed by atoms with E-state index in [0.29, 0.717) is 0 Å². The minimum Gasteiger partial charge on any atom is -0.469 e. The van der Waals surface area contributed by atoms with Crippen molar-refractivity contribution in [2.45, 2.75) is 57.8 Å². The molecule has 2 rings (SSSR count). The molecule has 0 aromatic heterocycles. The van der Waals surface area contributed by atoms with Crippen LogP contribution < -0.4 is 0 Å². The summed E-state index contributed by atoms with van der Waals surface area (Å²) >= 11 is 0. The monoisotopic (exact) mass is 284 g/mol. The molecule has 0 bridgehead atoms. The van der Waals surface area contributed by atoms with Crippen LogP contribution in [-0.4, -0.2) is 13.1 Å². The van der Waals surface area contributed by atoms with Crippen molar-refractivity contribution in [1.29, 1.82) is 0 Å². The van der Waals surface area contributed by atoms with Crippen molar-refractivity contribution in [3.63, 3.8) is 0 Å². The Morgan fingerprint density at radius 1 is 0.882 bits per heavy atom. The van der Waals surface area contributed by atoms with Gasteiger partial charge < -0.3 is 19.6 Å². The van der Waals surface area contributed by atoms with Crippen LogP contribution in [0.3, 0.4) is 0 Å². The van der Waals surface area contributed by atoms with E-state index in [0.717, 1.165) is 12.8 Å². The van der Waals surface area contributed by atoms with Crippen LogP contribution in [-0.2, 0) is 26.6 Å². The van der Waals surface area contributed by atoms with Gasteiger partial charge in [0.05, 0.1) is 13.0 Å². The van der Waals surface area contributed by atoms with Gasteiger partial charge in [0.15, 0.2) is 0 Å². The van der Waals surface area contributed by atoms with Gasteiger partial charge in [0.25, 0.3) is 0 Å². The van der Waals surface area contributed by atoms with Gasteiger partial charge in [0.2, 0.25) is 0 Å². The molecule has 0 N–H and O–H groups in total. The van der Waals surface area contributed by atoms with E-state index in [1.165, 1.54) is 52.1 Å². The van der Waals surface area contributed by atoms with E-state index in [9.17, 15) is 4.79 Å². The Hall–Kier alpha value is -0.0105. The third-order valence-electron chi connectivity index (χ3n) is 3.14. The molecule has 2 nitrogen and oxygen atoms in total. The fourth-order valence-corrected chi connectivity index (χ4v) is 2.21. The first-order valence-electron chi connectivity index (χ1n) is 5.92. The zero-order chi connectivity index (χ0) is 10.2. The van der Waals surface area contributed by atoms with Gasteiger partial charge in [-0.25, -0.2) is 0 Å². The van der Waals surface area contributed by atoms with Crippen molar-refractivity contribution in [3.8, 4) is 0 Å². The van der Waals surface area contributed by atoms with Crippen molar-refractivity contribution in [2.75, 3.05) is 7.11 Å². The van der Waals surface area contributed by atoms with Crippen LogP contribution in [0.25, 0.3) is 0 Å². The number of hydrogen-bond acceptors (Lipinski definition) is 2. The maximum atomic E-state index is 10.8. The number of esters is 1. The van der Waals surface area contributed by atoms with Crippen molar-refractivity contribution in [2.24, 2.45) is 5.92 Å². The molecule has 0 radical (unpaired) electrons. The molecule has 2 aliphatic rings. The largest absolute Gasteiger partial charge is 2.00 e. The maximum absolute atomic E-state index is 10.8. The third kappa shape index (κ3) is 9.67. The zero-order valence-corrected chi connectivity index (χ0v) is 12.7. The summed E-state index contributed by atoms with van der Waals surface area (Å²) in [6, 6.07) is 0. The Morgan fingerprint density at radius 2 is 1.24 bits per heavy atom. The van der Waals surface area contributed by atoms with Crippen molar-refractivity contribution in [1.82, 2.24) is 0 Å². The van der Waals surface area contributed by atoms with E-state index in [4.69, 9.17) is 0 Å². The number of carbonyl (C=O) groups is 1. The molecule has 0 aliphatic heterocycles. The standard InChI is InChI=1S/C7H12O2.C5H10.2CH3.Fe/c1-9-7(8)6-4-2-3-5-6;1-2-4-5-3-1;;;/h6H,2-5H2,1H3;1-5H2;2*1H3;/q;;2*-1;+2. The molecule has 17 heavy (non-hydrogen) atoms. The second-order valence-corrected chi connectivity index (χ2v) is 4.27. The summed E-state index contributed by atoms with van der Waals surface area (Å²) < 4.78 is 4.60. The molecule has 0 atom stereocenters. The van der Waals surface area contributed by atoms with Crippen LogP contribution in [0.15, 0.2) is 0 Å². The van der Waals surface area contributed by atoms with Crippen LogP contribution in [0.1, 0.15) is 57.8 Å². The topological polar surface area (TPSA) is 26.3 Å². The Bertz CT molecular complexity index is 154. The molecule has 0 aromatic carbocycles. The minimum atomic E-state index is -0.0208. The number of hydrogen-bond donors (Lipinski definition) is 0. The molecule has 0 heterocycles. The molecule has 2 fully saturated rings. The van der Waals surface area contributed by atoms with E-state index in [2.05, 4.69) is 4.74 Å². The molecule has 2 aliphatic carbocycles. The van der Waals surface area contributed by atoms with Crippen molar-refractivity contribution in [3.05, 3.63) is 14.9 Å². The molecule has 0 unspecified atom stereocenters. The van der Waals surface area contributed by atoms with E-state index in [1.807, 2.05) is 0 Å². The Morgan fingerprint density at radius 3 is 1.53 bits per heavy atom. The number of rotatable bonds is 1. The number of methoxy groups -OCH3 is 1. The van der Waals surface area contributed by atoms with Crippen LogP contribution in [0, 0.1) is 20.8 Å². The van der Waals surface area contributed by atoms with Gasteiger partial charge in [-0.2, -0.15) is 0 Å². The Kier molecular flexibility index (Phi) is 18.3. The first-order chi connectivity index (χ1) is 6.84. The molecule has 0 spiro atoms. The molecule has 104 valence electrons. The van der Waals surface area contributed by atoms with Crippen molar-refractivity contribution < 1.29 is 26.6 Å². The summed E-state index contributed by atoms with van der Waals surface area (Å²) in [5.74, 6) is 0.197. The summed E-state index contributed by atoms with van der Waals surface area (Å²) in [6.07, 6.45) is 12.0. The van der Waals surface area contributed by atoms with Gasteiger partial charge in [-0.3, -0.25) is 4.79 Å². The third-order valence-corrected chi connectivity index (χ3v) is 3.14. The van der Waals surface area contributed by atoms with Gasteiger partial charge in [-0.1, -0.05) is 44.9 Å². The number of carbonyl (C=O) groups excluding carboxylic acids is 1. The fraction of sp³-hybridized carbons (Fsp3) is 0.786. The SMILES string of the molecule is C1CCCC1.COC(=O)C1CCCC1.[CH3-].[CH3-].[Fe+2]. The summed E-state index contributed by atoms with van der Waals surface area (Å²) in [6.45, 7) is 0. The summed E-state index contributed by atoms with van der Waals surface area (Å²) in [7, 11) is 1.46. The maximum Gasteiger partial charge on any atom is 2.00 e. The van der Waals surface area contributed by atoms with E-state index in [1.54, 1.807) is 0 Å². The van der Waals surface area contributed by atoms with E-state index in [-0.39, 0.29) is 43.8 Å². The predicted octanol–water partition coefficient (Wildman–Crippen LogP) is 4.20. The molecule has 0 saturated heterocycles. The average molecular weight is 284 g/mol. The van der Waals surface area contributed by atoms with E-state index < -0.39 is 0 Å². The average Bonchev–Trinajstić information content (AvgIpc) is 2.91. The zero-order valence-electron chi connectivity index (χ0n) is 11.6. The second-order valence-electron chi connectivity index (χ2n) is 4.27.